The van der Waals surface area contributed by atoms with Crippen LogP contribution in [0.5, 0.6) is 0 Å². The average Bonchev–Trinajstić information content (AvgIpc) is 2.78. The molecule has 1 aromatic carbocycles. The number of hydrogen-bond acceptors (Lipinski definition) is 3. The molecule has 1 aromatic heterocycles. The van der Waals surface area contributed by atoms with Crippen molar-refractivity contribution < 1.29 is 8.42 Å². The Morgan fingerprint density at radius 2 is 1.95 bits per heavy atom. The molecule has 1 heterocycles. The summed E-state index contributed by atoms with van der Waals surface area (Å²) in [6.45, 7) is 0.507. The van der Waals surface area contributed by atoms with Crippen LogP contribution in [0.25, 0.3) is 0 Å². The second-order valence-electron chi connectivity index (χ2n) is 3.89. The van der Waals surface area contributed by atoms with E-state index in [4.69, 9.17) is 34.8 Å². The van der Waals surface area contributed by atoms with Crippen LogP contribution in [0, 0.1) is 0 Å². The van der Waals surface area contributed by atoms with Crippen molar-refractivity contribution in [1.82, 2.24) is 14.5 Å². The van der Waals surface area contributed by atoms with Gasteiger partial charge in [0.1, 0.15) is 4.90 Å². The Morgan fingerprint density at radius 3 is 2.60 bits per heavy atom. The minimum Gasteiger partial charge on any atom is -0.270 e. The van der Waals surface area contributed by atoms with Crippen molar-refractivity contribution in [1.29, 1.82) is 0 Å². The molecule has 2 aromatic rings. The fourth-order valence-corrected chi connectivity index (χ4v) is 3.45. The van der Waals surface area contributed by atoms with Gasteiger partial charge >= 0.3 is 0 Å². The van der Waals surface area contributed by atoms with Crippen LogP contribution < -0.4 is 4.72 Å². The number of rotatable bonds is 5. The van der Waals surface area contributed by atoms with Gasteiger partial charge in [0.15, 0.2) is 0 Å². The topological polar surface area (TPSA) is 64.0 Å². The Balaban J connectivity index is 2.06. The molecule has 0 unspecified atom stereocenters. The maximum Gasteiger partial charge on any atom is 0.242 e. The van der Waals surface area contributed by atoms with Crippen LogP contribution in [0.2, 0.25) is 15.1 Å². The van der Waals surface area contributed by atoms with E-state index in [-0.39, 0.29) is 16.5 Å². The smallest absolute Gasteiger partial charge is 0.242 e. The summed E-state index contributed by atoms with van der Waals surface area (Å²) in [6.07, 6.45) is 3.08. The van der Waals surface area contributed by atoms with Gasteiger partial charge in [-0.25, -0.2) is 13.1 Å². The van der Waals surface area contributed by atoms with Crippen molar-refractivity contribution in [3.8, 4) is 0 Å². The zero-order valence-corrected chi connectivity index (χ0v) is 13.1. The second-order valence-corrected chi connectivity index (χ2v) is 6.91. The quantitative estimate of drug-likeness (QED) is 0.898. The Morgan fingerprint density at radius 1 is 1.20 bits per heavy atom. The molecule has 0 aliphatic carbocycles. The Labute approximate surface area is 131 Å². The van der Waals surface area contributed by atoms with Crippen LogP contribution in [0.3, 0.4) is 0 Å². The van der Waals surface area contributed by atoms with E-state index in [2.05, 4.69) is 9.82 Å². The van der Waals surface area contributed by atoms with Crippen LogP contribution in [0.15, 0.2) is 35.5 Å². The third-order valence-electron chi connectivity index (χ3n) is 2.42. The SMILES string of the molecule is O=S(=O)(NCCn1cc(Cl)cn1)c1cc(Cl)ccc1Cl. The van der Waals surface area contributed by atoms with Crippen molar-refractivity contribution in [3.05, 3.63) is 45.7 Å². The Kier molecular flexibility index (Phi) is 4.93. The summed E-state index contributed by atoms with van der Waals surface area (Å²) in [5.41, 5.74) is 0. The lowest BCUT2D eigenvalue weighted by Crippen LogP contribution is -2.27. The van der Waals surface area contributed by atoms with Crippen molar-refractivity contribution in [2.24, 2.45) is 0 Å². The normalized spacial score (nSPS) is 11.8. The molecule has 2 rings (SSSR count). The van der Waals surface area contributed by atoms with Gasteiger partial charge in [0.05, 0.1) is 22.8 Å². The molecular weight excluding hydrogens is 345 g/mol. The first-order chi connectivity index (χ1) is 9.38. The monoisotopic (exact) mass is 353 g/mol. The molecule has 0 saturated carbocycles. The number of halogens is 3. The molecule has 0 aliphatic heterocycles. The third-order valence-corrected chi connectivity index (χ3v) is 4.79. The fourth-order valence-electron chi connectivity index (χ4n) is 1.52. The van der Waals surface area contributed by atoms with E-state index >= 15 is 0 Å². The lowest BCUT2D eigenvalue weighted by Gasteiger charge is -2.08. The number of aromatic nitrogens is 2. The molecule has 0 spiro atoms. The molecule has 20 heavy (non-hydrogen) atoms. The average molecular weight is 355 g/mol. The summed E-state index contributed by atoms with van der Waals surface area (Å²) in [5, 5.41) is 4.85. The number of hydrogen-bond donors (Lipinski definition) is 1. The summed E-state index contributed by atoms with van der Waals surface area (Å²) < 4.78 is 28.1. The largest absolute Gasteiger partial charge is 0.270 e. The van der Waals surface area contributed by atoms with Gasteiger partial charge in [0.25, 0.3) is 0 Å². The lowest BCUT2D eigenvalue weighted by molar-refractivity contribution is 0.561. The van der Waals surface area contributed by atoms with Crippen LogP contribution >= 0.6 is 34.8 Å². The molecule has 9 heteroatoms. The summed E-state index contributed by atoms with van der Waals surface area (Å²) >= 11 is 17.4. The number of benzene rings is 1. The molecule has 0 atom stereocenters. The maximum atomic E-state index is 12.1. The summed E-state index contributed by atoms with van der Waals surface area (Å²) in [5.74, 6) is 0. The molecule has 0 saturated heterocycles. The van der Waals surface area contributed by atoms with Crippen molar-refractivity contribution in [3.63, 3.8) is 0 Å². The molecule has 108 valence electrons. The van der Waals surface area contributed by atoms with E-state index in [1.807, 2.05) is 0 Å². The van der Waals surface area contributed by atoms with E-state index in [1.165, 1.54) is 29.1 Å². The molecule has 0 radical (unpaired) electrons. The van der Waals surface area contributed by atoms with E-state index in [0.29, 0.717) is 16.6 Å². The molecule has 0 amide bonds. The molecule has 5 nitrogen and oxygen atoms in total. The predicted octanol–water partition coefficient (Wildman–Crippen LogP) is 2.82. The van der Waals surface area contributed by atoms with Gasteiger partial charge in [0, 0.05) is 17.8 Å². The molecule has 0 bridgehead atoms. The van der Waals surface area contributed by atoms with Gasteiger partial charge in [-0.15, -0.1) is 0 Å². The standard InChI is InChI=1S/C11H10Cl3N3O2S/c12-8-1-2-10(14)11(5-8)20(18,19)16-3-4-17-7-9(13)6-15-17/h1-2,5-7,16H,3-4H2. The van der Waals surface area contributed by atoms with E-state index < -0.39 is 10.0 Å². The van der Waals surface area contributed by atoms with E-state index in [9.17, 15) is 8.42 Å². The van der Waals surface area contributed by atoms with Crippen LogP contribution in [0.4, 0.5) is 0 Å². The zero-order chi connectivity index (χ0) is 14.8. The predicted molar refractivity (Wildman–Crippen MR) is 78.9 cm³/mol. The number of nitrogens with zero attached hydrogens (tertiary/aromatic N) is 2. The van der Waals surface area contributed by atoms with Crippen LogP contribution in [-0.4, -0.2) is 24.7 Å². The first kappa shape index (κ1) is 15.6. The minimum atomic E-state index is -3.72. The first-order valence-electron chi connectivity index (χ1n) is 5.51. The maximum absolute atomic E-state index is 12.1. The van der Waals surface area contributed by atoms with Gasteiger partial charge in [-0.05, 0) is 18.2 Å². The minimum absolute atomic E-state index is 0.0508. The third kappa shape index (κ3) is 3.86. The summed E-state index contributed by atoms with van der Waals surface area (Å²) in [6, 6.07) is 4.26. The van der Waals surface area contributed by atoms with Crippen LogP contribution in [-0.2, 0) is 16.6 Å². The zero-order valence-electron chi connectivity index (χ0n) is 10.1. The Hall–Kier alpha value is -0.790. The van der Waals surface area contributed by atoms with Gasteiger partial charge in [-0.2, -0.15) is 5.10 Å². The fraction of sp³-hybridized carbons (Fsp3) is 0.182. The highest BCUT2D eigenvalue weighted by Gasteiger charge is 2.17. The number of nitrogens with one attached hydrogen (secondary N) is 1. The highest BCUT2D eigenvalue weighted by molar-refractivity contribution is 7.89. The van der Waals surface area contributed by atoms with Crippen LogP contribution in [0.1, 0.15) is 0 Å². The van der Waals surface area contributed by atoms with Crippen molar-refractivity contribution in [2.75, 3.05) is 6.54 Å². The van der Waals surface area contributed by atoms with Gasteiger partial charge in [-0.3, -0.25) is 4.68 Å². The van der Waals surface area contributed by atoms with Gasteiger partial charge in [0.2, 0.25) is 10.0 Å². The first-order valence-corrected chi connectivity index (χ1v) is 8.13. The van der Waals surface area contributed by atoms with E-state index in [0.717, 1.165) is 0 Å². The number of sulfonamides is 1. The van der Waals surface area contributed by atoms with Gasteiger partial charge in [-0.1, -0.05) is 34.8 Å². The highest BCUT2D eigenvalue weighted by Crippen LogP contribution is 2.24. The molecule has 1 N–H and O–H groups in total. The Bertz CT molecular complexity index is 715. The van der Waals surface area contributed by atoms with Crippen molar-refractivity contribution in [2.45, 2.75) is 11.4 Å². The van der Waals surface area contributed by atoms with Gasteiger partial charge < -0.3 is 0 Å². The molecule has 0 aliphatic rings. The summed E-state index contributed by atoms with van der Waals surface area (Å²) in [4.78, 5) is -0.0508. The second kappa shape index (κ2) is 6.32. The van der Waals surface area contributed by atoms with E-state index in [1.54, 1.807) is 6.20 Å². The lowest BCUT2D eigenvalue weighted by atomic mass is 10.4. The highest BCUT2D eigenvalue weighted by atomic mass is 35.5. The molecule has 0 fully saturated rings. The van der Waals surface area contributed by atoms with Crippen molar-refractivity contribution >= 4 is 44.8 Å². The molecular formula is C11H10Cl3N3O2S. The summed E-state index contributed by atoms with van der Waals surface area (Å²) in [7, 11) is -3.72.